The molecule has 30 heavy (non-hydrogen) atoms. The molecule has 0 radical (unpaired) electrons. The third-order valence-corrected chi connectivity index (χ3v) is 6.22. The second-order valence-corrected chi connectivity index (χ2v) is 8.44. The minimum Gasteiger partial charge on any atom is -0.493 e. The minimum absolute atomic E-state index is 0.162. The zero-order valence-corrected chi connectivity index (χ0v) is 18.5. The Labute approximate surface area is 187 Å². The van der Waals surface area contributed by atoms with Gasteiger partial charge in [0.05, 0.1) is 30.0 Å². The maximum Gasteiger partial charge on any atom is 0.232 e. The van der Waals surface area contributed by atoms with Crippen molar-refractivity contribution in [1.82, 2.24) is 9.97 Å². The van der Waals surface area contributed by atoms with Crippen molar-refractivity contribution >= 4 is 45.3 Å². The number of benzene rings is 2. The van der Waals surface area contributed by atoms with Crippen molar-refractivity contribution in [2.24, 2.45) is 0 Å². The first kappa shape index (κ1) is 20.5. The number of ether oxygens (including phenoxy) is 1. The number of para-hydroxylation sites is 1. The number of halogens is 1. The predicted octanol–water partition coefficient (Wildman–Crippen LogP) is 6.17. The Morgan fingerprint density at radius 1 is 1.03 bits per heavy atom. The summed E-state index contributed by atoms with van der Waals surface area (Å²) in [6, 6.07) is 15.3. The number of rotatable bonds is 7. The number of hydrogen-bond donors (Lipinski definition) is 1. The quantitative estimate of drug-likeness (QED) is 0.362. The molecular formula is C22H18ClN3O2S2. The molecule has 0 atom stereocenters. The van der Waals surface area contributed by atoms with Crippen molar-refractivity contribution in [2.75, 3.05) is 11.9 Å². The highest BCUT2D eigenvalue weighted by molar-refractivity contribution is 7.14. The van der Waals surface area contributed by atoms with Crippen LogP contribution in [0, 0.1) is 0 Å². The molecule has 1 N–H and O–H groups in total. The van der Waals surface area contributed by atoms with Crippen LogP contribution in [0.3, 0.4) is 0 Å². The van der Waals surface area contributed by atoms with Gasteiger partial charge in [0.25, 0.3) is 0 Å². The Morgan fingerprint density at radius 2 is 1.80 bits per heavy atom. The van der Waals surface area contributed by atoms with Crippen LogP contribution in [0.4, 0.5) is 5.13 Å². The summed E-state index contributed by atoms with van der Waals surface area (Å²) in [5, 5.41) is 8.61. The van der Waals surface area contributed by atoms with Crippen LogP contribution in [0.5, 0.6) is 5.75 Å². The predicted molar refractivity (Wildman–Crippen MR) is 124 cm³/mol. The molecule has 0 aliphatic rings. The third-order valence-electron chi connectivity index (χ3n) is 4.21. The fourth-order valence-electron chi connectivity index (χ4n) is 2.89. The molecule has 0 bridgehead atoms. The highest BCUT2D eigenvalue weighted by Gasteiger charge is 2.14. The van der Waals surface area contributed by atoms with Gasteiger partial charge in [0, 0.05) is 21.3 Å². The second-order valence-electron chi connectivity index (χ2n) is 6.32. The summed E-state index contributed by atoms with van der Waals surface area (Å²) in [6.07, 6.45) is 0.175. The summed E-state index contributed by atoms with van der Waals surface area (Å²) in [7, 11) is 0. The number of thiazole rings is 2. The van der Waals surface area contributed by atoms with E-state index < -0.39 is 0 Å². The Kier molecular flexibility index (Phi) is 6.42. The monoisotopic (exact) mass is 455 g/mol. The third kappa shape index (κ3) is 4.70. The average Bonchev–Trinajstić information content (AvgIpc) is 3.39. The lowest BCUT2D eigenvalue weighted by Gasteiger charge is -2.07. The van der Waals surface area contributed by atoms with E-state index in [0.29, 0.717) is 22.5 Å². The van der Waals surface area contributed by atoms with Gasteiger partial charge in [-0.15, -0.1) is 22.7 Å². The largest absolute Gasteiger partial charge is 0.493 e. The van der Waals surface area contributed by atoms with E-state index in [1.807, 2.05) is 66.2 Å². The number of anilines is 1. The zero-order valence-electron chi connectivity index (χ0n) is 16.1. The van der Waals surface area contributed by atoms with E-state index in [1.54, 1.807) is 0 Å². The van der Waals surface area contributed by atoms with Crippen LogP contribution in [0.15, 0.2) is 59.3 Å². The van der Waals surface area contributed by atoms with Crippen molar-refractivity contribution in [3.05, 3.63) is 70.0 Å². The molecule has 0 spiro atoms. The van der Waals surface area contributed by atoms with Crippen LogP contribution in [0.25, 0.3) is 21.8 Å². The number of nitrogens with one attached hydrogen (secondary N) is 1. The lowest BCUT2D eigenvalue weighted by atomic mass is 10.2. The van der Waals surface area contributed by atoms with Gasteiger partial charge < -0.3 is 10.1 Å². The number of carbonyl (C=O) groups is 1. The molecule has 1 amide bonds. The van der Waals surface area contributed by atoms with Crippen molar-refractivity contribution < 1.29 is 9.53 Å². The van der Waals surface area contributed by atoms with Gasteiger partial charge in [-0.1, -0.05) is 41.9 Å². The van der Waals surface area contributed by atoms with Gasteiger partial charge in [-0.2, -0.15) is 0 Å². The second kappa shape index (κ2) is 9.38. The van der Waals surface area contributed by atoms with Crippen LogP contribution >= 0.6 is 34.3 Å². The summed E-state index contributed by atoms with van der Waals surface area (Å²) in [4.78, 5) is 21.6. The van der Waals surface area contributed by atoms with E-state index in [2.05, 4.69) is 15.3 Å². The molecule has 4 rings (SSSR count). The summed E-state index contributed by atoms with van der Waals surface area (Å²) in [5.74, 6) is 0.630. The Hall–Kier alpha value is -2.74. The van der Waals surface area contributed by atoms with Crippen LogP contribution in [-0.2, 0) is 11.2 Å². The molecule has 0 saturated carbocycles. The molecule has 0 saturated heterocycles. The fourth-order valence-corrected chi connectivity index (χ4v) is 4.70. The molecule has 0 aliphatic heterocycles. The van der Waals surface area contributed by atoms with E-state index in [4.69, 9.17) is 16.3 Å². The van der Waals surface area contributed by atoms with Gasteiger partial charge in [-0.25, -0.2) is 9.97 Å². The Morgan fingerprint density at radius 3 is 2.60 bits per heavy atom. The van der Waals surface area contributed by atoms with Crippen LogP contribution in [-0.4, -0.2) is 22.5 Å². The highest BCUT2D eigenvalue weighted by atomic mass is 35.5. The van der Waals surface area contributed by atoms with Crippen molar-refractivity contribution in [3.63, 3.8) is 0 Å². The molecule has 0 aliphatic carbocycles. The van der Waals surface area contributed by atoms with Gasteiger partial charge in [-0.3, -0.25) is 4.79 Å². The molecule has 4 aromatic rings. The number of amides is 1. The first-order chi connectivity index (χ1) is 14.6. The Balaban J connectivity index is 1.43. The zero-order chi connectivity index (χ0) is 20.9. The molecule has 2 aromatic carbocycles. The summed E-state index contributed by atoms with van der Waals surface area (Å²) in [6.45, 7) is 2.53. The normalized spacial score (nSPS) is 10.7. The summed E-state index contributed by atoms with van der Waals surface area (Å²) < 4.78 is 5.68. The summed E-state index contributed by atoms with van der Waals surface area (Å²) in [5.41, 5.74) is 3.22. The molecule has 2 aromatic heterocycles. The molecule has 8 heteroatoms. The van der Waals surface area contributed by atoms with Gasteiger partial charge >= 0.3 is 0 Å². The Bertz CT molecular complexity index is 1170. The van der Waals surface area contributed by atoms with E-state index in [0.717, 1.165) is 27.6 Å². The average molecular weight is 456 g/mol. The standard InChI is InChI=1S/C22H18ClN3O2S2/c1-2-28-19-10-6-4-8-16(19)21-24-14(12-29-21)11-20(27)26-22-25-18(13-30-22)15-7-3-5-9-17(15)23/h3-10,12-13H,2,11H2,1H3,(H,25,26,27). The van der Waals surface area contributed by atoms with E-state index >= 15 is 0 Å². The number of carbonyl (C=O) groups excluding carboxylic acids is 1. The minimum atomic E-state index is -0.162. The molecule has 5 nitrogen and oxygen atoms in total. The first-order valence-electron chi connectivity index (χ1n) is 9.31. The topological polar surface area (TPSA) is 64.1 Å². The van der Waals surface area contributed by atoms with Gasteiger partial charge in [-0.05, 0) is 25.1 Å². The van der Waals surface area contributed by atoms with Gasteiger partial charge in [0.2, 0.25) is 5.91 Å². The van der Waals surface area contributed by atoms with E-state index in [-0.39, 0.29) is 12.3 Å². The van der Waals surface area contributed by atoms with Gasteiger partial charge in [0.15, 0.2) is 5.13 Å². The van der Waals surface area contributed by atoms with Crippen molar-refractivity contribution in [3.8, 4) is 27.6 Å². The molecule has 2 heterocycles. The highest BCUT2D eigenvalue weighted by Crippen LogP contribution is 2.33. The molecule has 152 valence electrons. The van der Waals surface area contributed by atoms with Crippen molar-refractivity contribution in [2.45, 2.75) is 13.3 Å². The number of hydrogen-bond acceptors (Lipinski definition) is 6. The maximum atomic E-state index is 12.5. The van der Waals surface area contributed by atoms with E-state index in [9.17, 15) is 4.79 Å². The number of nitrogens with zero attached hydrogens (tertiary/aromatic N) is 2. The molecule has 0 fully saturated rings. The smallest absolute Gasteiger partial charge is 0.232 e. The molecule has 0 unspecified atom stereocenters. The van der Waals surface area contributed by atoms with E-state index in [1.165, 1.54) is 22.7 Å². The lowest BCUT2D eigenvalue weighted by Crippen LogP contribution is -2.14. The van der Waals surface area contributed by atoms with Gasteiger partial charge in [0.1, 0.15) is 10.8 Å². The summed E-state index contributed by atoms with van der Waals surface area (Å²) >= 11 is 9.09. The first-order valence-corrected chi connectivity index (χ1v) is 11.4. The lowest BCUT2D eigenvalue weighted by molar-refractivity contribution is -0.115. The number of aromatic nitrogens is 2. The van der Waals surface area contributed by atoms with Crippen molar-refractivity contribution in [1.29, 1.82) is 0 Å². The maximum absolute atomic E-state index is 12.5. The SMILES string of the molecule is CCOc1ccccc1-c1nc(CC(=O)Nc2nc(-c3ccccc3Cl)cs2)cs1. The fraction of sp³-hybridized carbons (Fsp3) is 0.136. The molecular weight excluding hydrogens is 438 g/mol. The van der Waals surface area contributed by atoms with Crippen LogP contribution < -0.4 is 10.1 Å². The van der Waals surface area contributed by atoms with Crippen LogP contribution in [0.1, 0.15) is 12.6 Å². The van der Waals surface area contributed by atoms with Crippen LogP contribution in [0.2, 0.25) is 5.02 Å².